The number of esters is 2. The number of hydrogen-bond acceptors (Lipinski definition) is 5. The molecule has 0 radical (unpaired) electrons. The summed E-state index contributed by atoms with van der Waals surface area (Å²) in [4.78, 5) is 23.5. The van der Waals surface area contributed by atoms with Gasteiger partial charge >= 0.3 is 11.9 Å². The van der Waals surface area contributed by atoms with Gasteiger partial charge in [-0.2, -0.15) is 0 Å². The van der Waals surface area contributed by atoms with E-state index in [0.717, 1.165) is 24.0 Å². The Bertz CT molecular complexity index is 576. The lowest BCUT2D eigenvalue weighted by atomic mass is 9.97. The quantitative estimate of drug-likeness (QED) is 0.544. The largest absolute Gasteiger partial charge is 0.486 e. The predicted octanol–water partition coefficient (Wildman–Crippen LogP) is 3.09. The Morgan fingerprint density at radius 3 is 2.65 bits per heavy atom. The predicted molar refractivity (Wildman–Crippen MR) is 85.4 cm³/mol. The molecule has 0 fully saturated rings. The van der Waals surface area contributed by atoms with Crippen molar-refractivity contribution < 1.29 is 23.8 Å². The van der Waals surface area contributed by atoms with E-state index in [2.05, 4.69) is 11.7 Å². The van der Waals surface area contributed by atoms with E-state index in [1.54, 1.807) is 0 Å². The molecule has 5 nitrogen and oxygen atoms in total. The van der Waals surface area contributed by atoms with Gasteiger partial charge in [0.05, 0.1) is 13.7 Å². The maximum absolute atomic E-state index is 12.2. The standard InChI is InChI=1S/C18H22O5/c1-3-4-12-22-17-16(13-8-6-5-7-9-13)14(23-18(17)20)10-11-15(19)21-2/h5-9,14H,3-4,10-12H2,1-2H3. The van der Waals surface area contributed by atoms with Gasteiger partial charge in [-0.25, -0.2) is 4.79 Å². The lowest BCUT2D eigenvalue weighted by Crippen LogP contribution is -2.14. The van der Waals surface area contributed by atoms with Crippen LogP contribution in [0.3, 0.4) is 0 Å². The molecular formula is C18H22O5. The molecule has 1 heterocycles. The first-order valence-electron chi connectivity index (χ1n) is 7.87. The summed E-state index contributed by atoms with van der Waals surface area (Å²) in [6.07, 6.45) is 1.93. The summed E-state index contributed by atoms with van der Waals surface area (Å²) in [6.45, 7) is 2.53. The fourth-order valence-corrected chi connectivity index (χ4v) is 2.44. The number of carbonyl (C=O) groups excluding carboxylic acids is 2. The van der Waals surface area contributed by atoms with Gasteiger partial charge in [-0.15, -0.1) is 0 Å². The number of unbranched alkanes of at least 4 members (excludes halogenated alkanes) is 1. The fraction of sp³-hybridized carbons (Fsp3) is 0.444. The van der Waals surface area contributed by atoms with Gasteiger partial charge in [0, 0.05) is 12.0 Å². The van der Waals surface area contributed by atoms with Gasteiger partial charge in [0.2, 0.25) is 5.76 Å². The molecule has 1 aromatic carbocycles. The van der Waals surface area contributed by atoms with Gasteiger partial charge in [0.1, 0.15) is 6.10 Å². The van der Waals surface area contributed by atoms with Crippen LogP contribution in [0.5, 0.6) is 0 Å². The van der Waals surface area contributed by atoms with E-state index < -0.39 is 12.1 Å². The molecule has 1 aromatic rings. The van der Waals surface area contributed by atoms with Gasteiger partial charge in [-0.1, -0.05) is 43.7 Å². The summed E-state index contributed by atoms with van der Waals surface area (Å²) < 4.78 is 15.8. The van der Waals surface area contributed by atoms with Crippen molar-refractivity contribution in [2.75, 3.05) is 13.7 Å². The van der Waals surface area contributed by atoms with Gasteiger partial charge in [0.25, 0.3) is 0 Å². The van der Waals surface area contributed by atoms with E-state index in [4.69, 9.17) is 9.47 Å². The number of rotatable bonds is 8. The number of ether oxygens (including phenoxy) is 3. The van der Waals surface area contributed by atoms with Gasteiger partial charge < -0.3 is 14.2 Å². The normalized spacial score (nSPS) is 17.1. The highest BCUT2D eigenvalue weighted by Crippen LogP contribution is 2.34. The van der Waals surface area contributed by atoms with Gasteiger partial charge in [-0.05, 0) is 18.4 Å². The highest BCUT2D eigenvalue weighted by molar-refractivity contribution is 6.01. The summed E-state index contributed by atoms with van der Waals surface area (Å²) in [5, 5.41) is 0. The van der Waals surface area contributed by atoms with Crippen LogP contribution in [0.25, 0.3) is 5.57 Å². The van der Waals surface area contributed by atoms with Gasteiger partial charge in [0.15, 0.2) is 0 Å². The third-order valence-corrected chi connectivity index (χ3v) is 3.67. The molecule has 0 saturated heterocycles. The highest BCUT2D eigenvalue weighted by atomic mass is 16.6. The summed E-state index contributed by atoms with van der Waals surface area (Å²) in [5.74, 6) is -0.525. The molecule has 0 N–H and O–H groups in total. The van der Waals surface area contributed by atoms with E-state index in [0.29, 0.717) is 13.0 Å². The second kappa shape index (κ2) is 8.36. The van der Waals surface area contributed by atoms with Crippen molar-refractivity contribution in [2.45, 2.75) is 38.7 Å². The first-order valence-corrected chi connectivity index (χ1v) is 7.87. The fourth-order valence-electron chi connectivity index (χ4n) is 2.44. The molecule has 5 heteroatoms. The molecule has 1 atom stereocenters. The third kappa shape index (κ3) is 4.34. The lowest BCUT2D eigenvalue weighted by molar-refractivity contribution is -0.146. The molecule has 0 aliphatic carbocycles. The zero-order valence-electron chi connectivity index (χ0n) is 13.5. The Balaban J connectivity index is 2.24. The molecule has 0 spiro atoms. The monoisotopic (exact) mass is 318 g/mol. The second-order valence-corrected chi connectivity index (χ2v) is 5.32. The first kappa shape index (κ1) is 17.1. The van der Waals surface area contributed by atoms with Crippen LogP contribution in [0, 0.1) is 0 Å². The Hall–Kier alpha value is -2.30. The zero-order chi connectivity index (χ0) is 16.7. The number of benzene rings is 1. The van der Waals surface area contributed by atoms with Crippen LogP contribution in [0.1, 0.15) is 38.2 Å². The number of carbonyl (C=O) groups is 2. The maximum atomic E-state index is 12.2. The van der Waals surface area contributed by atoms with Crippen LogP contribution in [-0.2, 0) is 23.8 Å². The first-order chi connectivity index (χ1) is 11.2. The summed E-state index contributed by atoms with van der Waals surface area (Å²) in [5.41, 5.74) is 1.59. The van der Waals surface area contributed by atoms with Crippen molar-refractivity contribution in [1.29, 1.82) is 0 Å². The smallest absolute Gasteiger partial charge is 0.374 e. The maximum Gasteiger partial charge on any atom is 0.374 e. The average Bonchev–Trinajstić information content (AvgIpc) is 2.89. The van der Waals surface area contributed by atoms with Crippen LogP contribution in [0.4, 0.5) is 0 Å². The van der Waals surface area contributed by atoms with E-state index in [-0.39, 0.29) is 18.1 Å². The number of methoxy groups -OCH3 is 1. The minimum atomic E-state index is -0.486. The lowest BCUT2D eigenvalue weighted by Gasteiger charge is -2.13. The van der Waals surface area contributed by atoms with Crippen molar-refractivity contribution in [1.82, 2.24) is 0 Å². The van der Waals surface area contributed by atoms with Crippen molar-refractivity contribution in [3.63, 3.8) is 0 Å². The third-order valence-electron chi connectivity index (χ3n) is 3.67. The topological polar surface area (TPSA) is 61.8 Å². The number of cyclic esters (lactones) is 1. The van der Waals surface area contributed by atoms with E-state index in [1.807, 2.05) is 30.3 Å². The van der Waals surface area contributed by atoms with Crippen LogP contribution < -0.4 is 0 Å². The van der Waals surface area contributed by atoms with Crippen LogP contribution in [0.15, 0.2) is 36.1 Å². The summed E-state index contributed by atoms with van der Waals surface area (Å²) in [6, 6.07) is 9.51. The van der Waals surface area contributed by atoms with Crippen molar-refractivity contribution in [3.8, 4) is 0 Å². The molecule has 0 saturated carbocycles. The molecule has 0 amide bonds. The number of hydrogen-bond donors (Lipinski definition) is 0. The summed E-state index contributed by atoms with van der Waals surface area (Å²) >= 11 is 0. The van der Waals surface area contributed by atoms with Gasteiger partial charge in [-0.3, -0.25) is 4.79 Å². The molecule has 23 heavy (non-hydrogen) atoms. The van der Waals surface area contributed by atoms with E-state index in [9.17, 15) is 9.59 Å². The van der Waals surface area contributed by atoms with Crippen LogP contribution in [-0.4, -0.2) is 31.8 Å². The van der Waals surface area contributed by atoms with Crippen LogP contribution >= 0.6 is 0 Å². The van der Waals surface area contributed by atoms with E-state index in [1.165, 1.54) is 7.11 Å². The van der Waals surface area contributed by atoms with E-state index >= 15 is 0 Å². The molecule has 1 aliphatic heterocycles. The van der Waals surface area contributed by atoms with Crippen molar-refractivity contribution in [2.24, 2.45) is 0 Å². The SMILES string of the molecule is CCCCOC1=C(c2ccccc2)C(CCC(=O)OC)OC1=O. The molecule has 0 bridgehead atoms. The van der Waals surface area contributed by atoms with Crippen molar-refractivity contribution >= 4 is 17.5 Å². The molecule has 1 unspecified atom stereocenters. The summed E-state index contributed by atoms with van der Waals surface area (Å²) in [7, 11) is 1.34. The molecular weight excluding hydrogens is 296 g/mol. The Kier molecular flexibility index (Phi) is 6.20. The Morgan fingerprint density at radius 2 is 2.00 bits per heavy atom. The Labute approximate surface area is 136 Å². The highest BCUT2D eigenvalue weighted by Gasteiger charge is 2.36. The molecule has 2 rings (SSSR count). The molecule has 1 aliphatic rings. The molecule has 0 aromatic heterocycles. The Morgan fingerprint density at radius 1 is 1.26 bits per heavy atom. The van der Waals surface area contributed by atoms with Crippen molar-refractivity contribution in [3.05, 3.63) is 41.7 Å². The average molecular weight is 318 g/mol. The minimum Gasteiger partial charge on any atom is -0.486 e. The minimum absolute atomic E-state index is 0.188. The molecule has 124 valence electrons. The second-order valence-electron chi connectivity index (χ2n) is 5.32. The van der Waals surface area contributed by atoms with Crippen LogP contribution in [0.2, 0.25) is 0 Å². The zero-order valence-corrected chi connectivity index (χ0v) is 13.5.